The third-order valence-corrected chi connectivity index (χ3v) is 11.5. The molecule has 1 unspecified atom stereocenters. The number of nitrogens with zero attached hydrogens (tertiary/aromatic N) is 4. The SMILES string of the molecule is COc1ccc2c(O[C@H]3CC[C@H](C(=O)N[C@]4(C(=O)NSC5CC5)CC4/C=C\CCCCN(C)CO)C3)cc(-n3ccc(C(C)(C)C)n3)nc2c1C. The second-order valence-corrected chi connectivity index (χ2v) is 16.7. The molecule has 6 rings (SSSR count). The van der Waals surface area contributed by atoms with Gasteiger partial charge in [0.15, 0.2) is 5.82 Å². The van der Waals surface area contributed by atoms with Gasteiger partial charge in [-0.25, -0.2) is 9.67 Å². The van der Waals surface area contributed by atoms with Crippen LogP contribution in [0.15, 0.2) is 42.6 Å². The highest BCUT2D eigenvalue weighted by Crippen LogP contribution is 2.47. The number of allylic oxidation sites excluding steroid dienone is 1. The highest BCUT2D eigenvalue weighted by atomic mass is 32.2. The zero-order valence-corrected chi connectivity index (χ0v) is 31.7. The first kappa shape index (κ1) is 37.2. The molecule has 0 saturated heterocycles. The van der Waals surface area contributed by atoms with Crippen molar-refractivity contribution in [3.63, 3.8) is 0 Å². The molecule has 11 nitrogen and oxygen atoms in total. The molecule has 3 saturated carbocycles. The Morgan fingerprint density at radius 2 is 1.96 bits per heavy atom. The van der Waals surface area contributed by atoms with E-state index in [-0.39, 0.29) is 41.9 Å². The van der Waals surface area contributed by atoms with Gasteiger partial charge in [-0.05, 0) is 108 Å². The van der Waals surface area contributed by atoms with Crippen molar-refractivity contribution in [2.45, 2.75) is 108 Å². The Kier molecular flexibility index (Phi) is 11.3. The predicted molar refractivity (Wildman–Crippen MR) is 201 cm³/mol. The van der Waals surface area contributed by atoms with E-state index in [1.165, 1.54) is 11.9 Å². The molecule has 2 heterocycles. The molecule has 12 heteroatoms. The summed E-state index contributed by atoms with van der Waals surface area (Å²) in [5, 5.41) is 18.6. The number of carbonyl (C=O) groups excluding carboxylic acids is 2. The summed E-state index contributed by atoms with van der Waals surface area (Å²) in [6.45, 7) is 9.30. The van der Waals surface area contributed by atoms with Crippen molar-refractivity contribution in [3.05, 3.63) is 53.9 Å². The zero-order chi connectivity index (χ0) is 36.3. The van der Waals surface area contributed by atoms with Crippen molar-refractivity contribution < 1.29 is 24.2 Å². The quantitative estimate of drug-likeness (QED) is 0.0708. The van der Waals surface area contributed by atoms with Crippen LogP contribution in [0.1, 0.15) is 89.8 Å². The molecule has 2 aromatic heterocycles. The Labute approximate surface area is 306 Å². The molecule has 0 aliphatic heterocycles. The smallest absolute Gasteiger partial charge is 0.256 e. The average molecular weight is 719 g/mol. The Balaban J connectivity index is 1.14. The topological polar surface area (TPSA) is 131 Å². The lowest BCUT2D eigenvalue weighted by molar-refractivity contribution is -0.131. The molecule has 0 radical (unpaired) electrons. The lowest BCUT2D eigenvalue weighted by Crippen LogP contribution is -2.50. The molecule has 3 fully saturated rings. The van der Waals surface area contributed by atoms with Gasteiger partial charge in [0.05, 0.1) is 31.2 Å². The van der Waals surface area contributed by atoms with Crippen LogP contribution in [0.25, 0.3) is 16.7 Å². The van der Waals surface area contributed by atoms with Crippen molar-refractivity contribution in [1.29, 1.82) is 0 Å². The molecule has 1 aromatic carbocycles. The fraction of sp³-hybridized carbons (Fsp3) is 0.590. The predicted octanol–water partition coefficient (Wildman–Crippen LogP) is 5.99. The Morgan fingerprint density at radius 3 is 2.67 bits per heavy atom. The third kappa shape index (κ3) is 8.72. The first-order chi connectivity index (χ1) is 24.4. The second-order valence-electron chi connectivity index (χ2n) is 15.6. The average Bonchev–Trinajstić information content (AvgIpc) is 3.93. The van der Waals surface area contributed by atoms with Crippen molar-refractivity contribution in [2.24, 2.45) is 11.8 Å². The number of aliphatic hydroxyl groups is 1. The molecule has 2 amide bonds. The number of pyridine rings is 1. The summed E-state index contributed by atoms with van der Waals surface area (Å²) in [6.07, 6.45) is 13.7. The van der Waals surface area contributed by atoms with E-state index in [0.29, 0.717) is 36.1 Å². The summed E-state index contributed by atoms with van der Waals surface area (Å²) in [4.78, 5) is 34.2. The minimum Gasteiger partial charge on any atom is -0.496 e. The van der Waals surface area contributed by atoms with E-state index in [4.69, 9.17) is 19.6 Å². The first-order valence-corrected chi connectivity index (χ1v) is 19.3. The van der Waals surface area contributed by atoms with Crippen molar-refractivity contribution in [1.82, 2.24) is 29.7 Å². The van der Waals surface area contributed by atoms with Gasteiger partial charge in [0.2, 0.25) is 5.91 Å². The summed E-state index contributed by atoms with van der Waals surface area (Å²) < 4.78 is 17.2. The van der Waals surface area contributed by atoms with Crippen molar-refractivity contribution >= 4 is 34.7 Å². The number of aliphatic hydroxyl groups excluding tert-OH is 1. The van der Waals surface area contributed by atoms with Crippen LogP contribution in [-0.2, 0) is 15.0 Å². The van der Waals surface area contributed by atoms with E-state index in [9.17, 15) is 14.7 Å². The number of fused-ring (bicyclic) bond motifs is 1. The molecule has 51 heavy (non-hydrogen) atoms. The summed E-state index contributed by atoms with van der Waals surface area (Å²) in [5.41, 5.74) is 1.65. The number of hydrogen-bond donors (Lipinski definition) is 3. The van der Waals surface area contributed by atoms with E-state index in [1.807, 2.05) is 49.3 Å². The number of aromatic nitrogens is 3. The summed E-state index contributed by atoms with van der Waals surface area (Å²) >= 11 is 1.49. The third-order valence-electron chi connectivity index (χ3n) is 10.4. The maximum absolute atomic E-state index is 13.8. The number of carbonyl (C=O) groups is 2. The van der Waals surface area contributed by atoms with Gasteiger partial charge in [0.1, 0.15) is 17.0 Å². The highest BCUT2D eigenvalue weighted by Gasteiger charge is 2.60. The standard InChI is InChI=1S/C39H54N6O5S/c1-25-31(49-6)17-16-30-32(22-34(40-35(25)30)45-20-18-33(42-45)38(2,3)4)50-28-13-12-26(21-28)36(47)41-39(37(48)43-51-29-14-15-29)23-27(39)11-9-7-8-10-19-44(5)24-46/h9,11,16-18,20,22,26-29,46H,7-8,10,12-15,19,21,23-24H2,1-6H3,(H,41,47)(H,43,48)/b11-9-/t26-,27?,28-,39+/m0/s1. The lowest BCUT2D eigenvalue weighted by atomic mass is 9.93. The fourth-order valence-corrected chi connectivity index (χ4v) is 7.64. The fourth-order valence-electron chi connectivity index (χ4n) is 6.81. The molecule has 4 atom stereocenters. The van der Waals surface area contributed by atoms with E-state index in [1.54, 1.807) is 11.8 Å². The maximum Gasteiger partial charge on any atom is 0.256 e. The second kappa shape index (κ2) is 15.6. The molecule has 3 aliphatic rings. The molecular formula is C39H54N6O5S. The zero-order valence-electron chi connectivity index (χ0n) is 30.9. The van der Waals surface area contributed by atoms with Gasteiger partial charge in [-0.2, -0.15) is 5.10 Å². The van der Waals surface area contributed by atoms with Gasteiger partial charge in [-0.1, -0.05) is 32.9 Å². The lowest BCUT2D eigenvalue weighted by Gasteiger charge is -2.21. The molecular weight excluding hydrogens is 665 g/mol. The Hall–Kier alpha value is -3.61. The minimum atomic E-state index is -0.909. The first-order valence-electron chi connectivity index (χ1n) is 18.4. The van der Waals surface area contributed by atoms with Gasteiger partial charge in [0, 0.05) is 45.7 Å². The highest BCUT2D eigenvalue weighted by molar-refractivity contribution is 7.98. The van der Waals surface area contributed by atoms with Crippen LogP contribution in [0.4, 0.5) is 0 Å². The molecule has 0 bridgehead atoms. The summed E-state index contributed by atoms with van der Waals surface area (Å²) in [7, 11) is 3.55. The maximum atomic E-state index is 13.8. The van der Waals surface area contributed by atoms with Crippen LogP contribution in [0.3, 0.4) is 0 Å². The number of unbranched alkanes of at least 4 members (excludes halogenated alkanes) is 2. The van der Waals surface area contributed by atoms with Crippen molar-refractivity contribution in [3.8, 4) is 17.3 Å². The van der Waals surface area contributed by atoms with Crippen LogP contribution in [-0.4, -0.2) is 80.9 Å². The molecule has 3 N–H and O–H groups in total. The van der Waals surface area contributed by atoms with Crippen LogP contribution in [0.5, 0.6) is 11.5 Å². The largest absolute Gasteiger partial charge is 0.496 e. The number of nitrogens with one attached hydrogen (secondary N) is 2. The minimum absolute atomic E-state index is 0.0299. The van der Waals surface area contributed by atoms with Gasteiger partial charge in [-0.15, -0.1) is 0 Å². The normalized spacial score (nSPS) is 23.3. The summed E-state index contributed by atoms with van der Waals surface area (Å²) in [5.74, 6) is 1.63. The van der Waals surface area contributed by atoms with Crippen LogP contribution in [0.2, 0.25) is 0 Å². The monoisotopic (exact) mass is 718 g/mol. The van der Waals surface area contributed by atoms with Gasteiger partial charge in [-0.3, -0.25) is 19.2 Å². The number of methoxy groups -OCH3 is 1. The number of aryl methyl sites for hydroxylation is 1. The Morgan fingerprint density at radius 1 is 1.16 bits per heavy atom. The van der Waals surface area contributed by atoms with Crippen LogP contribution < -0.4 is 19.5 Å². The number of amides is 2. The van der Waals surface area contributed by atoms with Gasteiger partial charge < -0.3 is 19.9 Å². The van der Waals surface area contributed by atoms with Gasteiger partial charge >= 0.3 is 0 Å². The van der Waals surface area contributed by atoms with Gasteiger partial charge in [0.25, 0.3) is 5.91 Å². The molecule has 3 aromatic rings. The summed E-state index contributed by atoms with van der Waals surface area (Å²) in [6, 6.07) is 7.87. The Bertz CT molecular complexity index is 1750. The van der Waals surface area contributed by atoms with E-state index >= 15 is 0 Å². The molecule has 0 spiro atoms. The van der Waals surface area contributed by atoms with Crippen LogP contribution >= 0.6 is 11.9 Å². The number of hydrogen-bond acceptors (Lipinski definition) is 9. The van der Waals surface area contributed by atoms with E-state index < -0.39 is 5.54 Å². The number of rotatable bonds is 16. The van der Waals surface area contributed by atoms with Crippen molar-refractivity contribution in [2.75, 3.05) is 27.4 Å². The number of ether oxygens (including phenoxy) is 2. The van der Waals surface area contributed by atoms with E-state index in [0.717, 1.165) is 73.0 Å². The number of benzene rings is 1. The van der Waals surface area contributed by atoms with Crippen LogP contribution in [0, 0.1) is 18.8 Å². The molecule has 3 aliphatic carbocycles. The van der Waals surface area contributed by atoms with E-state index in [2.05, 4.69) is 43.0 Å². The molecule has 276 valence electrons.